The van der Waals surface area contributed by atoms with E-state index in [1.54, 1.807) is 52.1 Å². The summed E-state index contributed by atoms with van der Waals surface area (Å²) < 4.78 is 37.6. The number of nitrogens with two attached hydrogens (primary N) is 1. The molecule has 1 saturated heterocycles. The van der Waals surface area contributed by atoms with Gasteiger partial charge in [0.2, 0.25) is 15.6 Å². The summed E-state index contributed by atoms with van der Waals surface area (Å²) >= 11 is 0. The molecule has 1 atom stereocenters. The van der Waals surface area contributed by atoms with Crippen LogP contribution in [0.1, 0.15) is 45.6 Å². The monoisotopic (exact) mass is 455 g/mol. The molecule has 3 N–H and O–H groups in total. The van der Waals surface area contributed by atoms with Crippen LogP contribution in [0.2, 0.25) is 0 Å². The fourth-order valence-corrected chi connectivity index (χ4v) is 5.01. The van der Waals surface area contributed by atoms with E-state index in [-0.39, 0.29) is 6.54 Å². The van der Waals surface area contributed by atoms with Crippen LogP contribution in [0, 0.1) is 0 Å². The Labute approximate surface area is 184 Å². The third kappa shape index (κ3) is 6.91. The van der Waals surface area contributed by atoms with Crippen LogP contribution in [0.3, 0.4) is 0 Å². The Morgan fingerprint density at radius 3 is 2.19 bits per heavy atom. The first kappa shape index (κ1) is 25.1. The van der Waals surface area contributed by atoms with Crippen LogP contribution in [0.25, 0.3) is 0 Å². The van der Waals surface area contributed by atoms with Crippen LogP contribution in [0.4, 0.5) is 0 Å². The number of nitrogens with zero attached hydrogens (tertiary/aromatic N) is 1. The van der Waals surface area contributed by atoms with Crippen LogP contribution < -0.4 is 15.8 Å². The molecule has 31 heavy (non-hydrogen) atoms. The molecule has 0 spiro atoms. The number of nitrogens with one attached hydrogen (secondary N) is 1. The van der Waals surface area contributed by atoms with Gasteiger partial charge in [-0.1, -0.05) is 18.6 Å². The van der Waals surface area contributed by atoms with Gasteiger partial charge in [-0.25, -0.2) is 17.5 Å². The molecule has 2 rings (SSSR count). The van der Waals surface area contributed by atoms with Gasteiger partial charge in [0.1, 0.15) is 17.1 Å². The molecule has 9 nitrogen and oxygen atoms in total. The highest BCUT2D eigenvalue weighted by Gasteiger charge is 2.49. The van der Waals surface area contributed by atoms with Gasteiger partial charge in [0, 0.05) is 19.6 Å². The lowest BCUT2D eigenvalue weighted by atomic mass is 10.0. The quantitative estimate of drug-likeness (QED) is 0.445. The lowest BCUT2D eigenvalue weighted by molar-refractivity contribution is -0.163. The van der Waals surface area contributed by atoms with Crippen LogP contribution >= 0.6 is 0 Å². The average molecular weight is 456 g/mol. The summed E-state index contributed by atoms with van der Waals surface area (Å²) in [5.41, 5.74) is 3.60. The maximum Gasteiger partial charge on any atom is 0.337 e. The smallest absolute Gasteiger partial charge is 0.337 e. The summed E-state index contributed by atoms with van der Waals surface area (Å²) in [6.07, 6.45) is 2.40. The van der Waals surface area contributed by atoms with Crippen LogP contribution in [0.5, 0.6) is 5.75 Å². The van der Waals surface area contributed by atoms with Crippen molar-refractivity contribution in [3.63, 3.8) is 0 Å². The molecule has 10 heteroatoms. The minimum absolute atomic E-state index is 0.0638. The summed E-state index contributed by atoms with van der Waals surface area (Å²) in [5, 5.41) is 2.58. The van der Waals surface area contributed by atoms with Crippen molar-refractivity contribution in [1.29, 1.82) is 0 Å². The van der Waals surface area contributed by atoms with Crippen molar-refractivity contribution >= 4 is 21.9 Å². The van der Waals surface area contributed by atoms with E-state index in [0.29, 0.717) is 18.8 Å². The first-order chi connectivity index (χ1) is 14.4. The van der Waals surface area contributed by atoms with Crippen molar-refractivity contribution < 1.29 is 27.5 Å². The highest BCUT2D eigenvalue weighted by Crippen LogP contribution is 2.20. The van der Waals surface area contributed by atoms with Gasteiger partial charge in [-0.15, -0.1) is 0 Å². The van der Waals surface area contributed by atoms with Crippen molar-refractivity contribution in [2.75, 3.05) is 26.0 Å². The van der Waals surface area contributed by atoms with E-state index in [9.17, 15) is 18.0 Å². The van der Waals surface area contributed by atoms with Crippen molar-refractivity contribution in [1.82, 2.24) is 9.62 Å². The Kier molecular flexibility index (Phi) is 8.07. The van der Waals surface area contributed by atoms with E-state index in [2.05, 4.69) is 5.32 Å². The Morgan fingerprint density at radius 1 is 1.10 bits per heavy atom. The van der Waals surface area contributed by atoms with Gasteiger partial charge < -0.3 is 20.5 Å². The Morgan fingerprint density at radius 2 is 1.68 bits per heavy atom. The van der Waals surface area contributed by atoms with Gasteiger partial charge in [-0.05, 0) is 51.3 Å². The number of hydrogen-bond donors (Lipinski definition) is 2. The molecule has 0 aromatic heterocycles. The largest absolute Gasteiger partial charge is 0.497 e. The van der Waals surface area contributed by atoms with Gasteiger partial charge >= 0.3 is 5.97 Å². The summed E-state index contributed by atoms with van der Waals surface area (Å²) in [7, 11) is -2.40. The van der Waals surface area contributed by atoms with E-state index >= 15 is 0 Å². The molecule has 1 aromatic rings. The number of esters is 1. The molecule has 174 valence electrons. The molecule has 0 bridgehead atoms. The predicted molar refractivity (Wildman–Crippen MR) is 117 cm³/mol. The second-order valence-electron chi connectivity index (χ2n) is 8.72. The summed E-state index contributed by atoms with van der Waals surface area (Å²) in [6.45, 7) is 5.63. The average Bonchev–Trinajstić information content (AvgIpc) is 2.71. The lowest BCUT2D eigenvalue weighted by Crippen LogP contribution is -2.65. The number of piperidine rings is 1. The Bertz CT molecular complexity index is 873. The number of methoxy groups -OCH3 is 1. The number of sulfonamides is 1. The highest BCUT2D eigenvalue weighted by molar-refractivity contribution is 7.89. The third-order valence-electron chi connectivity index (χ3n) is 4.90. The van der Waals surface area contributed by atoms with Gasteiger partial charge in [0.25, 0.3) is 5.91 Å². The third-order valence-corrected chi connectivity index (χ3v) is 6.87. The van der Waals surface area contributed by atoms with Crippen molar-refractivity contribution in [2.45, 2.75) is 57.7 Å². The first-order valence-corrected chi connectivity index (χ1v) is 11.9. The number of carbonyl (C=O) groups is 2. The molecule has 1 aliphatic heterocycles. The number of carbonyl (C=O) groups excluding carboxylic acids is 2. The SMILES string of the molecule is COc1ccc(CNC(=O)[C@](N)(CS(=O)(=O)N2CCCCC2)C(=O)OC(C)(C)C)cc1. The molecular formula is C21H33N3O6S. The summed E-state index contributed by atoms with van der Waals surface area (Å²) in [4.78, 5) is 25.9. The zero-order valence-electron chi connectivity index (χ0n) is 18.6. The minimum atomic E-state index is -3.95. The first-order valence-electron chi connectivity index (χ1n) is 10.3. The molecule has 0 radical (unpaired) electrons. The van der Waals surface area contributed by atoms with E-state index in [0.717, 1.165) is 24.8 Å². The topological polar surface area (TPSA) is 128 Å². The second kappa shape index (κ2) is 9.97. The maximum atomic E-state index is 13.0. The number of benzene rings is 1. The van der Waals surface area contributed by atoms with E-state index in [1.165, 1.54) is 4.31 Å². The van der Waals surface area contributed by atoms with Crippen LogP contribution in [-0.4, -0.2) is 61.7 Å². The van der Waals surface area contributed by atoms with Gasteiger partial charge in [0.15, 0.2) is 0 Å². The van der Waals surface area contributed by atoms with Crippen LogP contribution in [0.15, 0.2) is 24.3 Å². The summed E-state index contributed by atoms with van der Waals surface area (Å²) in [6, 6.07) is 6.95. The van der Waals surface area contributed by atoms with E-state index in [1.807, 2.05) is 0 Å². The van der Waals surface area contributed by atoms with Crippen LogP contribution in [-0.2, 0) is 30.9 Å². The molecule has 0 saturated carbocycles. The lowest BCUT2D eigenvalue weighted by Gasteiger charge is -2.33. The minimum Gasteiger partial charge on any atom is -0.497 e. The molecule has 1 aromatic carbocycles. The van der Waals surface area contributed by atoms with Gasteiger partial charge in [0.05, 0.1) is 7.11 Å². The van der Waals surface area contributed by atoms with E-state index < -0.39 is 38.8 Å². The predicted octanol–water partition coefficient (Wildman–Crippen LogP) is 1.17. The van der Waals surface area contributed by atoms with Gasteiger partial charge in [-0.2, -0.15) is 0 Å². The van der Waals surface area contributed by atoms with Crippen molar-refractivity contribution in [2.24, 2.45) is 5.73 Å². The normalized spacial score (nSPS) is 17.5. The fraction of sp³-hybridized carbons (Fsp3) is 0.619. The number of ether oxygens (including phenoxy) is 2. The molecular weight excluding hydrogens is 422 g/mol. The molecule has 1 fully saturated rings. The number of rotatable bonds is 8. The summed E-state index contributed by atoms with van der Waals surface area (Å²) in [5.74, 6) is -2.18. The highest BCUT2D eigenvalue weighted by atomic mass is 32.2. The Balaban J connectivity index is 2.22. The maximum absolute atomic E-state index is 13.0. The van der Waals surface area contributed by atoms with Crippen molar-refractivity contribution in [3.8, 4) is 5.75 Å². The van der Waals surface area contributed by atoms with E-state index in [4.69, 9.17) is 15.2 Å². The standard InChI is InChI=1S/C21H33N3O6S/c1-20(2,3)30-19(26)21(22,15-31(27,28)24-12-6-5-7-13-24)18(25)23-14-16-8-10-17(29-4)11-9-16/h8-11H,5-7,12-15,22H2,1-4H3,(H,23,25)/t21-/m1/s1. The number of amides is 1. The zero-order chi connectivity index (χ0) is 23.3. The molecule has 1 heterocycles. The molecule has 0 unspecified atom stereocenters. The number of hydrogen-bond acceptors (Lipinski definition) is 7. The fourth-order valence-electron chi connectivity index (χ4n) is 3.19. The Hall–Kier alpha value is -2.17. The molecule has 0 aliphatic carbocycles. The molecule has 1 amide bonds. The van der Waals surface area contributed by atoms with Crippen molar-refractivity contribution in [3.05, 3.63) is 29.8 Å². The molecule has 1 aliphatic rings. The zero-order valence-corrected chi connectivity index (χ0v) is 19.5. The van der Waals surface area contributed by atoms with Gasteiger partial charge in [-0.3, -0.25) is 4.79 Å². The second-order valence-corrected chi connectivity index (χ2v) is 10.7.